The molecular formula is C20H15F2N3O2. The second-order valence-electron chi connectivity index (χ2n) is 5.98. The van der Waals surface area contributed by atoms with E-state index in [1.54, 1.807) is 6.92 Å². The highest BCUT2D eigenvalue weighted by Crippen LogP contribution is 2.33. The van der Waals surface area contributed by atoms with E-state index in [2.05, 4.69) is 10.1 Å². The summed E-state index contributed by atoms with van der Waals surface area (Å²) in [4.78, 5) is 16.2. The maximum absolute atomic E-state index is 14.2. The molecule has 0 spiro atoms. The number of halogens is 2. The van der Waals surface area contributed by atoms with Crippen molar-refractivity contribution >= 4 is 27.8 Å². The van der Waals surface area contributed by atoms with Gasteiger partial charge in [0.1, 0.15) is 23.6 Å². The predicted octanol–water partition coefficient (Wildman–Crippen LogP) is 4.09. The van der Waals surface area contributed by atoms with Gasteiger partial charge in [-0.15, -0.1) is 0 Å². The molecule has 0 aliphatic carbocycles. The summed E-state index contributed by atoms with van der Waals surface area (Å²) in [6.07, 6.45) is 1.50. The largest absolute Gasteiger partial charge is 0.465 e. The van der Waals surface area contributed by atoms with Crippen molar-refractivity contribution in [1.29, 1.82) is 0 Å². The monoisotopic (exact) mass is 367 g/mol. The molecule has 0 atom stereocenters. The number of carbonyl (C=O) groups is 1. The van der Waals surface area contributed by atoms with E-state index in [1.165, 1.54) is 16.9 Å². The molecule has 2 heterocycles. The topological polar surface area (TPSA) is 57.0 Å². The number of pyridine rings is 1. The van der Waals surface area contributed by atoms with Crippen LogP contribution >= 0.6 is 0 Å². The standard InChI is InChI=1S/C20H15F2N3O2/c1-2-27-17(26)11-25-20-14-8-13(21)9-16(22)19(14)23-10-15(20)18(24-25)12-6-4-3-5-7-12/h3-10H,2,11H2,1H3. The van der Waals surface area contributed by atoms with Crippen LogP contribution in [0.3, 0.4) is 0 Å². The molecule has 4 rings (SSSR count). The third-order valence-electron chi connectivity index (χ3n) is 4.23. The number of aromatic nitrogens is 3. The van der Waals surface area contributed by atoms with Crippen LogP contribution in [-0.2, 0) is 16.1 Å². The molecule has 0 aliphatic rings. The van der Waals surface area contributed by atoms with Gasteiger partial charge in [-0.1, -0.05) is 30.3 Å². The van der Waals surface area contributed by atoms with Crippen molar-refractivity contribution in [3.8, 4) is 11.3 Å². The van der Waals surface area contributed by atoms with Crippen LogP contribution in [0, 0.1) is 11.6 Å². The molecule has 4 aromatic rings. The molecule has 0 saturated heterocycles. The molecule has 2 aromatic heterocycles. The van der Waals surface area contributed by atoms with Gasteiger partial charge in [-0.25, -0.2) is 8.78 Å². The Kier molecular flexibility index (Phi) is 4.27. The van der Waals surface area contributed by atoms with Gasteiger partial charge in [0.25, 0.3) is 0 Å². The number of nitrogens with zero attached hydrogens (tertiary/aromatic N) is 3. The molecule has 27 heavy (non-hydrogen) atoms. The Morgan fingerprint density at radius 2 is 1.93 bits per heavy atom. The molecule has 0 bridgehead atoms. The molecule has 5 nitrogen and oxygen atoms in total. The zero-order valence-corrected chi connectivity index (χ0v) is 14.4. The summed E-state index contributed by atoms with van der Waals surface area (Å²) >= 11 is 0. The number of benzene rings is 2. The van der Waals surface area contributed by atoms with Crippen molar-refractivity contribution in [3.05, 3.63) is 60.3 Å². The van der Waals surface area contributed by atoms with E-state index in [9.17, 15) is 13.6 Å². The zero-order valence-electron chi connectivity index (χ0n) is 14.4. The average molecular weight is 367 g/mol. The quantitative estimate of drug-likeness (QED) is 0.510. The number of hydrogen-bond acceptors (Lipinski definition) is 4. The van der Waals surface area contributed by atoms with Crippen LogP contribution < -0.4 is 0 Å². The van der Waals surface area contributed by atoms with Crippen LogP contribution in [0.15, 0.2) is 48.7 Å². The number of ether oxygens (including phenoxy) is 1. The Bertz CT molecular complexity index is 1160. The summed E-state index contributed by atoms with van der Waals surface area (Å²) in [6.45, 7) is 1.77. The molecule has 0 N–H and O–H groups in total. The lowest BCUT2D eigenvalue weighted by atomic mass is 10.1. The van der Waals surface area contributed by atoms with E-state index in [-0.39, 0.29) is 24.1 Å². The van der Waals surface area contributed by atoms with Crippen molar-refractivity contribution in [3.63, 3.8) is 0 Å². The van der Waals surface area contributed by atoms with Crippen molar-refractivity contribution in [2.75, 3.05) is 6.61 Å². The number of esters is 1. The summed E-state index contributed by atoms with van der Waals surface area (Å²) in [6, 6.07) is 11.3. The van der Waals surface area contributed by atoms with Gasteiger partial charge in [0.15, 0.2) is 5.82 Å². The summed E-state index contributed by atoms with van der Waals surface area (Å²) in [5.74, 6) is -1.97. The van der Waals surface area contributed by atoms with Gasteiger partial charge in [-0.2, -0.15) is 5.10 Å². The second-order valence-corrected chi connectivity index (χ2v) is 5.98. The summed E-state index contributed by atoms with van der Waals surface area (Å²) < 4.78 is 34.5. The van der Waals surface area contributed by atoms with E-state index >= 15 is 0 Å². The highest BCUT2D eigenvalue weighted by molar-refractivity contribution is 6.08. The Morgan fingerprint density at radius 1 is 1.15 bits per heavy atom. The average Bonchev–Trinajstić information content (AvgIpc) is 3.01. The van der Waals surface area contributed by atoms with Crippen LogP contribution in [0.2, 0.25) is 0 Å². The minimum absolute atomic E-state index is 0.0218. The second kappa shape index (κ2) is 6.75. The fraction of sp³-hybridized carbons (Fsp3) is 0.150. The highest BCUT2D eigenvalue weighted by Gasteiger charge is 2.19. The lowest BCUT2D eigenvalue weighted by molar-refractivity contribution is -0.143. The van der Waals surface area contributed by atoms with Gasteiger partial charge in [0, 0.05) is 28.6 Å². The Labute approximate surface area is 153 Å². The number of fused-ring (bicyclic) bond motifs is 3. The van der Waals surface area contributed by atoms with E-state index in [4.69, 9.17) is 4.74 Å². The van der Waals surface area contributed by atoms with Gasteiger partial charge in [-0.3, -0.25) is 14.5 Å². The molecular weight excluding hydrogens is 352 g/mol. The first kappa shape index (κ1) is 17.1. The van der Waals surface area contributed by atoms with Crippen LogP contribution in [0.5, 0.6) is 0 Å². The third kappa shape index (κ3) is 3.01. The molecule has 136 valence electrons. The Morgan fingerprint density at radius 3 is 2.67 bits per heavy atom. The zero-order chi connectivity index (χ0) is 19.0. The lowest BCUT2D eigenvalue weighted by Gasteiger charge is -2.06. The molecule has 0 unspecified atom stereocenters. The van der Waals surface area contributed by atoms with E-state index < -0.39 is 17.6 Å². The normalized spacial score (nSPS) is 11.2. The maximum Gasteiger partial charge on any atom is 0.327 e. The first-order valence-electron chi connectivity index (χ1n) is 8.43. The first-order chi connectivity index (χ1) is 13.1. The minimum atomic E-state index is -0.767. The van der Waals surface area contributed by atoms with Crippen molar-refractivity contribution in [2.45, 2.75) is 13.5 Å². The Balaban J connectivity index is 2.04. The summed E-state index contributed by atoms with van der Waals surface area (Å²) in [5.41, 5.74) is 1.84. The highest BCUT2D eigenvalue weighted by atomic mass is 19.1. The van der Waals surface area contributed by atoms with Crippen molar-refractivity contribution < 1.29 is 18.3 Å². The molecule has 0 fully saturated rings. The SMILES string of the molecule is CCOC(=O)Cn1nc(-c2ccccc2)c2cnc3c(F)cc(F)cc3c21. The van der Waals surface area contributed by atoms with Crippen LogP contribution in [-0.4, -0.2) is 27.3 Å². The van der Waals surface area contributed by atoms with E-state index in [1.807, 2.05) is 30.3 Å². The molecule has 7 heteroatoms. The molecule has 0 radical (unpaired) electrons. The predicted molar refractivity (Wildman–Crippen MR) is 97.0 cm³/mol. The van der Waals surface area contributed by atoms with Gasteiger partial charge in [0.2, 0.25) is 0 Å². The summed E-state index contributed by atoms with van der Waals surface area (Å²) in [7, 11) is 0. The fourth-order valence-corrected chi connectivity index (χ4v) is 3.14. The number of carbonyl (C=O) groups excluding carboxylic acids is 1. The summed E-state index contributed by atoms with van der Waals surface area (Å²) in [5, 5.41) is 5.38. The van der Waals surface area contributed by atoms with Crippen molar-refractivity contribution in [1.82, 2.24) is 14.8 Å². The lowest BCUT2D eigenvalue weighted by Crippen LogP contribution is -2.14. The van der Waals surface area contributed by atoms with Gasteiger partial charge < -0.3 is 4.74 Å². The van der Waals surface area contributed by atoms with Gasteiger partial charge >= 0.3 is 5.97 Å². The molecule has 0 saturated carbocycles. The van der Waals surface area contributed by atoms with Gasteiger partial charge in [-0.05, 0) is 13.0 Å². The first-order valence-corrected chi connectivity index (χ1v) is 8.43. The molecule has 0 amide bonds. The molecule has 2 aromatic carbocycles. The van der Waals surface area contributed by atoms with Crippen molar-refractivity contribution in [2.24, 2.45) is 0 Å². The third-order valence-corrected chi connectivity index (χ3v) is 4.23. The van der Waals surface area contributed by atoms with E-state index in [0.29, 0.717) is 16.6 Å². The molecule has 0 aliphatic heterocycles. The number of hydrogen-bond donors (Lipinski definition) is 0. The Hall–Kier alpha value is -3.35. The fourth-order valence-electron chi connectivity index (χ4n) is 3.14. The smallest absolute Gasteiger partial charge is 0.327 e. The van der Waals surface area contributed by atoms with Gasteiger partial charge in [0.05, 0.1) is 12.1 Å². The van der Waals surface area contributed by atoms with E-state index in [0.717, 1.165) is 11.6 Å². The number of rotatable bonds is 4. The maximum atomic E-state index is 14.2. The van der Waals surface area contributed by atoms with Crippen LogP contribution in [0.1, 0.15) is 6.92 Å². The van der Waals surface area contributed by atoms with Crippen LogP contribution in [0.25, 0.3) is 33.1 Å². The van der Waals surface area contributed by atoms with Crippen LogP contribution in [0.4, 0.5) is 8.78 Å². The minimum Gasteiger partial charge on any atom is -0.465 e.